The second-order valence-corrected chi connectivity index (χ2v) is 11.3. The molecule has 5 nitrogen and oxygen atoms in total. The first-order valence-electron chi connectivity index (χ1n) is 10.8. The Bertz CT molecular complexity index is 1040. The molecule has 0 spiro atoms. The number of halogens is 3. The van der Waals surface area contributed by atoms with Gasteiger partial charge in [-0.15, -0.1) is 0 Å². The van der Waals surface area contributed by atoms with E-state index in [1.165, 1.54) is 6.07 Å². The Morgan fingerprint density at radius 2 is 1.82 bits per heavy atom. The van der Waals surface area contributed by atoms with Gasteiger partial charge in [0.15, 0.2) is 0 Å². The topological polar surface area (TPSA) is 58.6 Å². The Kier molecular flexibility index (Phi) is 8.23. The van der Waals surface area contributed by atoms with Gasteiger partial charge in [0.05, 0.1) is 17.1 Å². The van der Waals surface area contributed by atoms with E-state index in [2.05, 4.69) is 4.72 Å². The fraction of sp³-hybridized carbons (Fsp3) is 0.435. The largest absolute Gasteiger partial charge is 0.493 e. The monoisotopic (exact) mass is 530 g/mol. The van der Waals surface area contributed by atoms with Crippen LogP contribution in [0.3, 0.4) is 0 Å². The smallest absolute Gasteiger partial charge is 0.264 e. The molecule has 1 aliphatic carbocycles. The van der Waals surface area contributed by atoms with Gasteiger partial charge in [-0.3, -0.25) is 9.52 Å². The minimum Gasteiger partial charge on any atom is -0.493 e. The molecule has 2 fully saturated rings. The van der Waals surface area contributed by atoms with Crippen molar-refractivity contribution in [1.29, 1.82) is 0 Å². The fourth-order valence-corrected chi connectivity index (χ4v) is 6.21. The highest BCUT2D eigenvalue weighted by molar-refractivity contribution is 7.97. The number of nitrogens with one attached hydrogen (secondary N) is 1. The van der Waals surface area contributed by atoms with Crippen molar-refractivity contribution in [3.05, 3.63) is 57.3 Å². The summed E-state index contributed by atoms with van der Waals surface area (Å²) in [4.78, 5) is 12.7. The van der Waals surface area contributed by atoms with Gasteiger partial charge < -0.3 is 4.74 Å². The molecule has 0 aromatic heterocycles. The molecule has 0 radical (unpaired) electrons. The first kappa shape index (κ1) is 24.8. The van der Waals surface area contributed by atoms with Crippen LogP contribution in [0.4, 0.5) is 4.39 Å². The van der Waals surface area contributed by atoms with Crippen molar-refractivity contribution in [2.24, 2.45) is 5.92 Å². The van der Waals surface area contributed by atoms with Crippen LogP contribution >= 0.6 is 35.1 Å². The molecule has 1 N–H and O–H groups in total. The maximum atomic E-state index is 14.6. The van der Waals surface area contributed by atoms with Gasteiger partial charge in [-0.2, -0.15) is 0 Å². The summed E-state index contributed by atoms with van der Waals surface area (Å²) in [6.45, 7) is 1.77. The highest BCUT2D eigenvalue weighted by Gasteiger charge is 2.30. The van der Waals surface area contributed by atoms with E-state index in [0.29, 0.717) is 46.3 Å². The highest BCUT2D eigenvalue weighted by Crippen LogP contribution is 2.45. The molecular weight excluding hydrogens is 506 g/mol. The van der Waals surface area contributed by atoms with Gasteiger partial charge >= 0.3 is 0 Å². The lowest BCUT2D eigenvalue weighted by Gasteiger charge is -2.31. The number of nitrogens with zero attached hydrogens (tertiary/aromatic N) is 1. The maximum Gasteiger partial charge on any atom is 0.264 e. The predicted octanol–water partition coefficient (Wildman–Crippen LogP) is 5.83. The Labute approximate surface area is 210 Å². The zero-order chi connectivity index (χ0) is 23.5. The van der Waals surface area contributed by atoms with E-state index >= 15 is 0 Å². The van der Waals surface area contributed by atoms with E-state index in [0.717, 1.165) is 43.2 Å². The molecule has 1 aliphatic heterocycles. The first-order valence-corrected chi connectivity index (χ1v) is 13.9. The third-order valence-electron chi connectivity index (χ3n) is 5.88. The number of hydrogen-bond acceptors (Lipinski definition) is 4. The second-order valence-electron chi connectivity index (χ2n) is 8.32. The molecule has 1 heterocycles. The van der Waals surface area contributed by atoms with Crippen LogP contribution in [0.25, 0.3) is 0 Å². The van der Waals surface area contributed by atoms with Gasteiger partial charge in [0, 0.05) is 35.5 Å². The van der Waals surface area contributed by atoms with Crippen LogP contribution < -0.4 is 9.46 Å². The van der Waals surface area contributed by atoms with Crippen molar-refractivity contribution in [2.45, 2.75) is 36.5 Å². The van der Waals surface area contributed by atoms with Crippen molar-refractivity contribution < 1.29 is 18.1 Å². The van der Waals surface area contributed by atoms with Crippen molar-refractivity contribution in [3.8, 4) is 5.75 Å². The van der Waals surface area contributed by atoms with Crippen molar-refractivity contribution in [1.82, 2.24) is 9.03 Å². The summed E-state index contributed by atoms with van der Waals surface area (Å²) in [6, 6.07) is 7.95. The summed E-state index contributed by atoms with van der Waals surface area (Å²) in [5.74, 6) is 0.0995. The summed E-state index contributed by atoms with van der Waals surface area (Å²) in [7, 11) is -1.32. The number of piperidine rings is 1. The van der Waals surface area contributed by atoms with Crippen molar-refractivity contribution in [2.75, 3.05) is 26.0 Å². The van der Waals surface area contributed by atoms with Gasteiger partial charge in [0.25, 0.3) is 5.91 Å². The molecule has 0 bridgehead atoms. The molecule has 1 amide bonds. The van der Waals surface area contributed by atoms with Crippen LogP contribution in [0.5, 0.6) is 5.75 Å². The second kappa shape index (κ2) is 11.0. The molecule has 33 heavy (non-hydrogen) atoms. The van der Waals surface area contributed by atoms with Crippen LogP contribution in [-0.2, 0) is 11.0 Å². The number of rotatable bonds is 8. The van der Waals surface area contributed by atoms with Crippen LogP contribution in [0.2, 0.25) is 10.0 Å². The van der Waals surface area contributed by atoms with Crippen LogP contribution in [0.1, 0.15) is 47.5 Å². The molecule has 10 heteroatoms. The Hall–Kier alpha value is -1.32. The molecule has 178 valence electrons. The van der Waals surface area contributed by atoms with Crippen LogP contribution in [0.15, 0.2) is 35.2 Å². The van der Waals surface area contributed by atoms with E-state index in [1.54, 1.807) is 30.5 Å². The van der Waals surface area contributed by atoms with Gasteiger partial charge in [0.1, 0.15) is 22.6 Å². The summed E-state index contributed by atoms with van der Waals surface area (Å²) >= 11 is 13.2. The molecule has 1 saturated carbocycles. The SMILES string of the molecule is CSNC(=O)c1cc(C2CC2)c(OCC2CCN(S(=O)c3cc(Cl)cc(Cl)c3)CC2)cc1F. The Morgan fingerprint density at radius 3 is 2.42 bits per heavy atom. The summed E-state index contributed by atoms with van der Waals surface area (Å²) < 4.78 is 38.0. The number of hydrogen-bond donors (Lipinski definition) is 1. The lowest BCUT2D eigenvalue weighted by Crippen LogP contribution is -2.36. The van der Waals surface area contributed by atoms with Gasteiger partial charge in [-0.25, -0.2) is 12.9 Å². The normalized spacial score (nSPS) is 18.2. The van der Waals surface area contributed by atoms with Crippen LogP contribution in [-0.4, -0.2) is 40.4 Å². The van der Waals surface area contributed by atoms with Crippen molar-refractivity contribution >= 4 is 52.0 Å². The summed E-state index contributed by atoms with van der Waals surface area (Å²) in [6.07, 6.45) is 5.39. The van der Waals surface area contributed by atoms with E-state index in [1.807, 2.05) is 4.31 Å². The number of amides is 1. The average molecular weight is 532 g/mol. The molecule has 2 aliphatic rings. The molecule has 1 unspecified atom stereocenters. The minimum absolute atomic E-state index is 0.0514. The Balaban J connectivity index is 1.36. The number of ether oxygens (including phenoxy) is 1. The standard InChI is InChI=1S/C23H25Cl2FN2O3S2/c1-32-27-23(29)20-11-19(15-2-3-15)22(12-21(20)26)31-13-14-4-6-28(7-5-14)33(30)18-9-16(24)8-17(25)10-18/h8-12,14-15H,2-7,13H2,1H3,(H,27,29). The lowest BCUT2D eigenvalue weighted by molar-refractivity contribution is 0.0980. The number of benzene rings is 2. The zero-order valence-corrected chi connectivity index (χ0v) is 21.3. The molecule has 2 aromatic carbocycles. The molecule has 2 aromatic rings. The van der Waals surface area contributed by atoms with Gasteiger partial charge in [-0.05, 0) is 67.3 Å². The van der Waals surface area contributed by atoms with Crippen LogP contribution in [0, 0.1) is 11.7 Å². The molecule has 4 rings (SSSR count). The third-order valence-corrected chi connectivity index (χ3v) is 8.18. The van der Waals surface area contributed by atoms with E-state index in [4.69, 9.17) is 27.9 Å². The number of carbonyl (C=O) groups excluding carboxylic acids is 1. The lowest BCUT2D eigenvalue weighted by atomic mass is 9.99. The Morgan fingerprint density at radius 1 is 1.15 bits per heavy atom. The minimum atomic E-state index is -1.32. The molecule has 1 atom stereocenters. The summed E-state index contributed by atoms with van der Waals surface area (Å²) in [5.41, 5.74) is 0.953. The predicted molar refractivity (Wildman–Crippen MR) is 132 cm³/mol. The van der Waals surface area contributed by atoms with E-state index in [-0.39, 0.29) is 11.5 Å². The van der Waals surface area contributed by atoms with E-state index < -0.39 is 22.7 Å². The number of carbonyl (C=O) groups is 1. The van der Waals surface area contributed by atoms with E-state index in [9.17, 15) is 13.4 Å². The average Bonchev–Trinajstić information content (AvgIpc) is 3.62. The fourth-order valence-electron chi connectivity index (χ4n) is 3.96. The molecule has 1 saturated heterocycles. The van der Waals surface area contributed by atoms with Crippen molar-refractivity contribution in [3.63, 3.8) is 0 Å². The maximum absolute atomic E-state index is 14.6. The third kappa shape index (κ3) is 6.22. The highest BCUT2D eigenvalue weighted by atomic mass is 35.5. The molecular formula is C23H25Cl2FN2O3S2. The van der Waals surface area contributed by atoms with Gasteiger partial charge in [-0.1, -0.05) is 35.1 Å². The first-order chi connectivity index (χ1) is 15.9. The zero-order valence-electron chi connectivity index (χ0n) is 18.1. The van der Waals surface area contributed by atoms with Gasteiger partial charge in [0.2, 0.25) is 0 Å². The quantitative estimate of drug-likeness (QED) is 0.436. The summed E-state index contributed by atoms with van der Waals surface area (Å²) in [5, 5.41) is 0.926.